The van der Waals surface area contributed by atoms with Gasteiger partial charge in [-0.05, 0) is 23.8 Å². The molecular formula is C16H15N3O. The predicted molar refractivity (Wildman–Crippen MR) is 80.8 cm³/mol. The molecule has 3 rings (SSSR count). The number of hydroxylamine groups is 1. The van der Waals surface area contributed by atoms with Crippen LogP contribution in [0.25, 0.3) is 6.08 Å². The van der Waals surface area contributed by atoms with Crippen molar-refractivity contribution in [2.45, 2.75) is 6.17 Å². The van der Waals surface area contributed by atoms with Gasteiger partial charge in [-0.3, -0.25) is 10.7 Å². The summed E-state index contributed by atoms with van der Waals surface area (Å²) in [5, 5.41) is 12.5. The predicted octanol–water partition coefficient (Wildman–Crippen LogP) is 2.88. The molecule has 0 fully saturated rings. The van der Waals surface area contributed by atoms with E-state index >= 15 is 0 Å². The van der Waals surface area contributed by atoms with Gasteiger partial charge in [-0.1, -0.05) is 48.5 Å². The minimum Gasteiger partial charge on any atom is -0.360 e. The highest BCUT2D eigenvalue weighted by molar-refractivity contribution is 6.04. The Bertz CT molecular complexity index is 650. The molecule has 3 N–H and O–H groups in total. The molecule has 2 aromatic carbocycles. The number of amidine groups is 1. The van der Waals surface area contributed by atoms with Crippen molar-refractivity contribution < 1.29 is 5.21 Å². The lowest BCUT2D eigenvalue weighted by Crippen LogP contribution is -2.31. The van der Waals surface area contributed by atoms with Gasteiger partial charge in [0.05, 0.1) is 0 Å². The molecule has 1 heterocycles. The number of aliphatic imine (C=N–C) groups is 1. The number of nitrogens with zero attached hydrogens (tertiary/aromatic N) is 1. The number of fused-ring (bicyclic) bond motifs is 1. The van der Waals surface area contributed by atoms with Crippen molar-refractivity contribution >= 4 is 17.6 Å². The first-order chi connectivity index (χ1) is 9.86. The maximum Gasteiger partial charge on any atom is 0.156 e. The maximum absolute atomic E-state index is 9.21. The Morgan fingerprint density at radius 1 is 1.05 bits per heavy atom. The molecule has 0 radical (unpaired) electrons. The molecule has 4 nitrogen and oxygen atoms in total. The SMILES string of the molecule is ONC1=N[C@H](/C=C/c2ccccc2)Nc2ccccc21. The van der Waals surface area contributed by atoms with E-state index in [0.717, 1.165) is 16.8 Å². The molecule has 2 aromatic rings. The fraction of sp³-hybridized carbons (Fsp3) is 0.0625. The quantitative estimate of drug-likeness (QED) is 0.732. The first-order valence-electron chi connectivity index (χ1n) is 6.44. The lowest BCUT2D eigenvalue weighted by molar-refractivity contribution is 0.234. The van der Waals surface area contributed by atoms with Crippen LogP contribution < -0.4 is 10.8 Å². The molecule has 1 aliphatic rings. The van der Waals surface area contributed by atoms with Gasteiger partial charge in [-0.25, -0.2) is 4.99 Å². The van der Waals surface area contributed by atoms with Crippen molar-refractivity contribution in [3.05, 3.63) is 71.8 Å². The summed E-state index contributed by atoms with van der Waals surface area (Å²) in [7, 11) is 0. The molecule has 0 aliphatic carbocycles. The number of hydrogen-bond donors (Lipinski definition) is 3. The molecule has 100 valence electrons. The average molecular weight is 265 g/mol. The smallest absolute Gasteiger partial charge is 0.156 e. The summed E-state index contributed by atoms with van der Waals surface area (Å²) in [5.41, 5.74) is 5.08. The number of hydrogen-bond acceptors (Lipinski definition) is 4. The number of rotatable bonds is 2. The number of nitrogens with one attached hydrogen (secondary N) is 2. The summed E-state index contributed by atoms with van der Waals surface area (Å²) in [5.74, 6) is 0.474. The van der Waals surface area contributed by atoms with Gasteiger partial charge in [0.15, 0.2) is 5.84 Å². The second kappa shape index (κ2) is 5.59. The number of anilines is 1. The molecule has 0 amide bonds. The normalized spacial score (nSPS) is 17.2. The Balaban J connectivity index is 1.85. The molecule has 4 heteroatoms. The van der Waals surface area contributed by atoms with E-state index < -0.39 is 0 Å². The molecule has 0 saturated carbocycles. The fourth-order valence-electron chi connectivity index (χ4n) is 2.16. The first-order valence-corrected chi connectivity index (χ1v) is 6.44. The molecular weight excluding hydrogens is 250 g/mol. The summed E-state index contributed by atoms with van der Waals surface area (Å²) in [6.45, 7) is 0. The van der Waals surface area contributed by atoms with Crippen LogP contribution >= 0.6 is 0 Å². The molecule has 0 spiro atoms. The summed E-state index contributed by atoms with van der Waals surface area (Å²) < 4.78 is 0. The second-order valence-corrected chi connectivity index (χ2v) is 4.49. The maximum atomic E-state index is 9.21. The van der Waals surface area contributed by atoms with Gasteiger partial charge in [0.25, 0.3) is 0 Å². The van der Waals surface area contributed by atoms with Crippen molar-refractivity contribution in [2.24, 2.45) is 4.99 Å². The average Bonchev–Trinajstić information content (AvgIpc) is 2.53. The molecule has 0 unspecified atom stereocenters. The topological polar surface area (TPSA) is 56.6 Å². The van der Waals surface area contributed by atoms with Crippen LogP contribution in [0.5, 0.6) is 0 Å². The Morgan fingerprint density at radius 3 is 2.60 bits per heavy atom. The van der Waals surface area contributed by atoms with Crippen LogP contribution in [0, 0.1) is 0 Å². The van der Waals surface area contributed by atoms with E-state index in [4.69, 9.17) is 0 Å². The fourth-order valence-corrected chi connectivity index (χ4v) is 2.16. The van der Waals surface area contributed by atoms with Crippen molar-refractivity contribution in [2.75, 3.05) is 5.32 Å². The lowest BCUT2D eigenvalue weighted by Gasteiger charge is -2.22. The summed E-state index contributed by atoms with van der Waals surface area (Å²) in [6.07, 6.45) is 3.76. The zero-order valence-corrected chi connectivity index (χ0v) is 10.8. The highest BCUT2D eigenvalue weighted by atomic mass is 16.5. The van der Waals surface area contributed by atoms with Crippen LogP contribution in [0.3, 0.4) is 0 Å². The zero-order valence-electron chi connectivity index (χ0n) is 10.8. The van der Waals surface area contributed by atoms with Crippen LogP contribution in [0.2, 0.25) is 0 Å². The lowest BCUT2D eigenvalue weighted by atomic mass is 10.1. The Hall–Kier alpha value is -2.59. The van der Waals surface area contributed by atoms with Crippen molar-refractivity contribution in [1.29, 1.82) is 0 Å². The molecule has 1 atom stereocenters. The number of para-hydroxylation sites is 1. The summed E-state index contributed by atoms with van der Waals surface area (Å²) >= 11 is 0. The van der Waals surface area contributed by atoms with E-state index in [1.54, 1.807) is 0 Å². The van der Waals surface area contributed by atoms with Crippen LogP contribution in [-0.2, 0) is 0 Å². The van der Waals surface area contributed by atoms with E-state index in [-0.39, 0.29) is 6.17 Å². The van der Waals surface area contributed by atoms with Gasteiger partial charge in [0, 0.05) is 11.3 Å². The van der Waals surface area contributed by atoms with Gasteiger partial charge in [0.1, 0.15) is 6.17 Å². The van der Waals surface area contributed by atoms with Crippen LogP contribution in [-0.4, -0.2) is 17.2 Å². The van der Waals surface area contributed by atoms with Gasteiger partial charge in [-0.2, -0.15) is 0 Å². The molecule has 0 aromatic heterocycles. The Morgan fingerprint density at radius 2 is 1.80 bits per heavy atom. The Labute approximate surface area is 117 Å². The van der Waals surface area contributed by atoms with Crippen LogP contribution in [0.4, 0.5) is 5.69 Å². The van der Waals surface area contributed by atoms with Crippen molar-refractivity contribution in [1.82, 2.24) is 5.48 Å². The largest absolute Gasteiger partial charge is 0.360 e. The third-order valence-corrected chi connectivity index (χ3v) is 3.13. The standard InChI is InChI=1S/C16H15N3O/c20-19-16-13-8-4-5-9-14(13)17-15(18-16)11-10-12-6-2-1-3-7-12/h1-11,15,17,20H,(H,18,19)/b11-10+/t15-/m1/s1. The van der Waals surface area contributed by atoms with Gasteiger partial charge < -0.3 is 5.32 Å². The first kappa shape index (κ1) is 12.4. The zero-order chi connectivity index (χ0) is 13.8. The monoisotopic (exact) mass is 265 g/mol. The minimum absolute atomic E-state index is 0.209. The van der Waals surface area contributed by atoms with E-state index in [9.17, 15) is 5.21 Å². The molecule has 0 bridgehead atoms. The minimum atomic E-state index is -0.209. The molecule has 1 aliphatic heterocycles. The molecule has 0 saturated heterocycles. The van der Waals surface area contributed by atoms with E-state index in [1.807, 2.05) is 66.7 Å². The third-order valence-electron chi connectivity index (χ3n) is 3.13. The summed E-state index contributed by atoms with van der Waals surface area (Å²) in [4.78, 5) is 4.41. The van der Waals surface area contributed by atoms with E-state index in [1.165, 1.54) is 0 Å². The Kier molecular flexibility index (Phi) is 3.48. The van der Waals surface area contributed by atoms with Gasteiger partial charge in [0.2, 0.25) is 0 Å². The van der Waals surface area contributed by atoms with Crippen molar-refractivity contribution in [3.8, 4) is 0 Å². The summed E-state index contributed by atoms with van der Waals surface area (Å²) in [6, 6.07) is 17.8. The highest BCUT2D eigenvalue weighted by Gasteiger charge is 2.17. The number of benzene rings is 2. The second-order valence-electron chi connectivity index (χ2n) is 4.49. The van der Waals surface area contributed by atoms with Gasteiger partial charge >= 0.3 is 0 Å². The molecule has 20 heavy (non-hydrogen) atoms. The van der Waals surface area contributed by atoms with E-state index in [0.29, 0.717) is 5.84 Å². The highest BCUT2D eigenvalue weighted by Crippen LogP contribution is 2.21. The van der Waals surface area contributed by atoms with Crippen LogP contribution in [0.15, 0.2) is 65.7 Å². The van der Waals surface area contributed by atoms with Crippen LogP contribution in [0.1, 0.15) is 11.1 Å². The van der Waals surface area contributed by atoms with Crippen molar-refractivity contribution in [3.63, 3.8) is 0 Å². The third kappa shape index (κ3) is 2.55. The van der Waals surface area contributed by atoms with E-state index in [2.05, 4.69) is 15.8 Å². The van der Waals surface area contributed by atoms with Gasteiger partial charge in [-0.15, -0.1) is 0 Å².